The van der Waals surface area contributed by atoms with Gasteiger partial charge in [-0.15, -0.1) is 0 Å². The Labute approximate surface area is 148 Å². The highest BCUT2D eigenvalue weighted by atomic mass is 32.2. The van der Waals surface area contributed by atoms with Crippen molar-refractivity contribution in [3.8, 4) is 0 Å². The molecule has 0 spiro atoms. The zero-order valence-corrected chi connectivity index (χ0v) is 14.3. The summed E-state index contributed by atoms with van der Waals surface area (Å²) in [6.07, 6.45) is -1.19. The molecule has 3 atom stereocenters. The molecule has 1 aromatic heterocycles. The molecule has 2 heterocycles. The van der Waals surface area contributed by atoms with Gasteiger partial charge < -0.3 is 5.11 Å². The second-order valence-electron chi connectivity index (χ2n) is 6.19. The summed E-state index contributed by atoms with van der Waals surface area (Å²) < 4.78 is 0. The average molecular weight is 352 g/mol. The Morgan fingerprint density at radius 3 is 2.64 bits per heavy atom. The monoisotopic (exact) mass is 352 g/mol. The first-order valence-electron chi connectivity index (χ1n) is 7.99. The molecule has 5 nitrogen and oxygen atoms in total. The molecule has 3 aromatic rings. The molecule has 0 amide bonds. The molecule has 1 N–H and O–H groups in total. The van der Waals surface area contributed by atoms with Gasteiger partial charge in [-0.05, 0) is 30.2 Å². The van der Waals surface area contributed by atoms with E-state index in [1.54, 1.807) is 0 Å². The Morgan fingerprint density at radius 2 is 1.92 bits per heavy atom. The van der Waals surface area contributed by atoms with Gasteiger partial charge in [0.15, 0.2) is 6.10 Å². The summed E-state index contributed by atoms with van der Waals surface area (Å²) in [5.41, 5.74) is 3.24. The molecule has 1 aliphatic heterocycles. The lowest BCUT2D eigenvalue weighted by atomic mass is 9.95. The van der Waals surface area contributed by atoms with Crippen LogP contribution in [0.25, 0.3) is 10.9 Å². The van der Waals surface area contributed by atoms with Crippen LogP contribution in [0.1, 0.15) is 28.0 Å². The van der Waals surface area contributed by atoms with E-state index in [0.29, 0.717) is 10.6 Å². The molecule has 2 aromatic carbocycles. The summed E-state index contributed by atoms with van der Waals surface area (Å²) in [7, 11) is 0. The molecule has 0 unspecified atom stereocenters. The SMILES string of the molecule is Cc1cccc2nc3c(cc12)[C@@H](O)[C@H]([N+](=O)[O-])[C@@H](c1ccccc1)S3. The predicted octanol–water partition coefficient (Wildman–Crippen LogP) is 4.07. The molecule has 0 saturated heterocycles. The van der Waals surface area contributed by atoms with E-state index in [1.165, 1.54) is 11.8 Å². The van der Waals surface area contributed by atoms with E-state index in [2.05, 4.69) is 4.98 Å². The summed E-state index contributed by atoms with van der Waals surface area (Å²) in [5, 5.41) is 23.6. The van der Waals surface area contributed by atoms with Crippen LogP contribution in [0.5, 0.6) is 0 Å². The normalized spacial score (nSPS) is 22.6. The minimum absolute atomic E-state index is 0.375. The molecule has 6 heteroatoms. The summed E-state index contributed by atoms with van der Waals surface area (Å²) in [6.45, 7) is 1.97. The Kier molecular flexibility index (Phi) is 3.94. The van der Waals surface area contributed by atoms with Gasteiger partial charge in [0.1, 0.15) is 10.3 Å². The lowest BCUT2D eigenvalue weighted by Gasteiger charge is -2.30. The van der Waals surface area contributed by atoms with Crippen LogP contribution in [0.2, 0.25) is 0 Å². The van der Waals surface area contributed by atoms with Gasteiger partial charge in [-0.3, -0.25) is 10.1 Å². The number of fused-ring (bicyclic) bond motifs is 2. The summed E-state index contributed by atoms with van der Waals surface area (Å²) >= 11 is 1.36. The molecule has 126 valence electrons. The summed E-state index contributed by atoms with van der Waals surface area (Å²) in [5.74, 6) is 0. The number of nitrogens with zero attached hydrogens (tertiary/aromatic N) is 2. The third-order valence-corrected chi connectivity index (χ3v) is 5.99. The maximum Gasteiger partial charge on any atom is 0.258 e. The largest absolute Gasteiger partial charge is 0.381 e. The maximum absolute atomic E-state index is 11.7. The van der Waals surface area contributed by atoms with Gasteiger partial charge in [-0.25, -0.2) is 4.98 Å². The number of aryl methyl sites for hydroxylation is 1. The van der Waals surface area contributed by atoms with Crippen LogP contribution in [0.4, 0.5) is 0 Å². The fourth-order valence-electron chi connectivity index (χ4n) is 3.32. The lowest BCUT2D eigenvalue weighted by Crippen LogP contribution is -2.35. The van der Waals surface area contributed by atoms with Crippen molar-refractivity contribution in [3.05, 3.63) is 81.4 Å². The third-order valence-electron chi connectivity index (χ3n) is 4.63. The number of pyridine rings is 1. The summed E-state index contributed by atoms with van der Waals surface area (Å²) in [4.78, 5) is 16.0. The van der Waals surface area contributed by atoms with Gasteiger partial charge >= 0.3 is 0 Å². The van der Waals surface area contributed by atoms with Crippen molar-refractivity contribution in [2.75, 3.05) is 0 Å². The van der Waals surface area contributed by atoms with E-state index in [1.807, 2.05) is 61.5 Å². The minimum Gasteiger partial charge on any atom is -0.381 e. The van der Waals surface area contributed by atoms with Crippen molar-refractivity contribution in [1.29, 1.82) is 0 Å². The second kappa shape index (κ2) is 6.13. The van der Waals surface area contributed by atoms with E-state index < -0.39 is 17.4 Å². The van der Waals surface area contributed by atoms with E-state index in [4.69, 9.17) is 0 Å². The van der Waals surface area contributed by atoms with Crippen LogP contribution >= 0.6 is 11.8 Å². The maximum atomic E-state index is 11.7. The Hall–Kier alpha value is -2.44. The number of rotatable bonds is 2. The van der Waals surface area contributed by atoms with Crippen LogP contribution < -0.4 is 0 Å². The van der Waals surface area contributed by atoms with Crippen LogP contribution in [0, 0.1) is 17.0 Å². The van der Waals surface area contributed by atoms with Gasteiger partial charge in [0.25, 0.3) is 6.04 Å². The topological polar surface area (TPSA) is 76.3 Å². The third kappa shape index (κ3) is 2.67. The van der Waals surface area contributed by atoms with Gasteiger partial charge in [-0.2, -0.15) is 0 Å². The number of hydrogen-bond donors (Lipinski definition) is 1. The van der Waals surface area contributed by atoms with Gasteiger partial charge in [0.2, 0.25) is 0 Å². The lowest BCUT2D eigenvalue weighted by molar-refractivity contribution is -0.536. The highest BCUT2D eigenvalue weighted by molar-refractivity contribution is 7.99. The van der Waals surface area contributed by atoms with Gasteiger partial charge in [0.05, 0.1) is 5.52 Å². The molecule has 0 saturated carbocycles. The van der Waals surface area contributed by atoms with Gasteiger partial charge in [0, 0.05) is 15.9 Å². The number of nitro groups is 1. The number of hydrogen-bond acceptors (Lipinski definition) is 5. The molecule has 25 heavy (non-hydrogen) atoms. The number of thioether (sulfide) groups is 1. The first kappa shape index (κ1) is 16.1. The number of benzene rings is 2. The molecule has 1 aliphatic rings. The van der Waals surface area contributed by atoms with Crippen LogP contribution in [-0.4, -0.2) is 21.1 Å². The fourth-order valence-corrected chi connectivity index (χ4v) is 4.71. The van der Waals surface area contributed by atoms with E-state index >= 15 is 0 Å². The van der Waals surface area contributed by atoms with E-state index in [0.717, 1.165) is 22.0 Å². The van der Waals surface area contributed by atoms with Crippen LogP contribution in [0.15, 0.2) is 59.6 Å². The van der Waals surface area contributed by atoms with Crippen molar-refractivity contribution in [2.45, 2.75) is 29.3 Å². The number of aliphatic hydroxyl groups is 1. The van der Waals surface area contributed by atoms with Gasteiger partial charge in [-0.1, -0.05) is 54.2 Å². The van der Waals surface area contributed by atoms with Crippen molar-refractivity contribution < 1.29 is 10.0 Å². The highest BCUT2D eigenvalue weighted by Gasteiger charge is 2.46. The Morgan fingerprint density at radius 1 is 1.16 bits per heavy atom. The fraction of sp³-hybridized carbons (Fsp3) is 0.211. The summed E-state index contributed by atoms with van der Waals surface area (Å²) in [6, 6.07) is 15.9. The molecule has 0 bridgehead atoms. The van der Waals surface area contributed by atoms with E-state index in [9.17, 15) is 15.2 Å². The first-order chi connectivity index (χ1) is 12.1. The Bertz CT molecular complexity index is 962. The molecule has 0 fully saturated rings. The molecular formula is C19H16N2O3S. The standard InChI is InChI=1S/C19H16N2O3S/c1-11-6-5-9-15-13(11)10-14-17(22)16(21(23)24)18(25-19(14)20-15)12-7-3-2-4-8-12/h2-10,16-18,22H,1H3/t16-,17+,18+/m0/s1. The van der Waals surface area contributed by atoms with Crippen LogP contribution in [-0.2, 0) is 0 Å². The zero-order valence-electron chi connectivity index (χ0n) is 13.5. The quantitative estimate of drug-likeness (QED) is 0.556. The molecule has 4 rings (SSSR count). The van der Waals surface area contributed by atoms with E-state index in [-0.39, 0.29) is 4.92 Å². The van der Waals surface area contributed by atoms with Crippen molar-refractivity contribution in [2.24, 2.45) is 0 Å². The highest BCUT2D eigenvalue weighted by Crippen LogP contribution is 2.49. The minimum atomic E-state index is -1.19. The van der Waals surface area contributed by atoms with Crippen LogP contribution in [0.3, 0.4) is 0 Å². The number of aromatic nitrogens is 1. The average Bonchev–Trinajstić information content (AvgIpc) is 2.61. The van der Waals surface area contributed by atoms with Crippen molar-refractivity contribution in [1.82, 2.24) is 4.98 Å². The molecule has 0 radical (unpaired) electrons. The Balaban J connectivity index is 1.89. The van der Waals surface area contributed by atoms with Crippen molar-refractivity contribution >= 4 is 22.7 Å². The molecular weight excluding hydrogens is 336 g/mol. The molecule has 0 aliphatic carbocycles. The predicted molar refractivity (Wildman–Crippen MR) is 97.3 cm³/mol. The zero-order chi connectivity index (χ0) is 17.6. The second-order valence-corrected chi connectivity index (χ2v) is 7.32. The smallest absolute Gasteiger partial charge is 0.258 e. The first-order valence-corrected chi connectivity index (χ1v) is 8.87. The number of aliphatic hydroxyl groups excluding tert-OH is 1. The van der Waals surface area contributed by atoms with Crippen molar-refractivity contribution in [3.63, 3.8) is 0 Å².